The van der Waals surface area contributed by atoms with Crippen LogP contribution in [-0.4, -0.2) is 22.6 Å². The smallest absolute Gasteiger partial charge is 0.416 e. The number of alkyl halides is 3. The fraction of sp³-hybridized carbons (Fsp3) is 0.520. The average Bonchev–Trinajstić information content (AvgIpc) is 2.77. The zero-order valence-electron chi connectivity index (χ0n) is 18.7. The third kappa shape index (κ3) is 8.17. The summed E-state index contributed by atoms with van der Waals surface area (Å²) in [6.45, 7) is 2.60. The number of rotatable bonds is 14. The lowest BCUT2D eigenvalue weighted by Gasteiger charge is -2.26. The van der Waals surface area contributed by atoms with Gasteiger partial charge in [-0.1, -0.05) is 70.8 Å². The highest BCUT2D eigenvalue weighted by Gasteiger charge is 2.31. The van der Waals surface area contributed by atoms with E-state index in [0.29, 0.717) is 6.54 Å². The fourth-order valence-electron chi connectivity index (χ4n) is 3.74. The summed E-state index contributed by atoms with van der Waals surface area (Å²) in [5, 5.41) is 9.54. The lowest BCUT2D eigenvalue weighted by atomic mass is 10.1. The van der Waals surface area contributed by atoms with E-state index in [1.165, 1.54) is 62.9 Å². The van der Waals surface area contributed by atoms with Crippen molar-refractivity contribution in [2.24, 2.45) is 0 Å². The number of unbranched alkanes of at least 4 members (excludes halogenated alkanes) is 9. The summed E-state index contributed by atoms with van der Waals surface area (Å²) in [5.74, 6) is -0.997. The van der Waals surface area contributed by atoms with Crippen molar-refractivity contribution in [2.45, 2.75) is 77.3 Å². The second-order valence-electron chi connectivity index (χ2n) is 8.06. The van der Waals surface area contributed by atoms with Gasteiger partial charge in [0.1, 0.15) is 11.4 Å². The van der Waals surface area contributed by atoms with Crippen molar-refractivity contribution in [1.82, 2.24) is 4.98 Å². The van der Waals surface area contributed by atoms with Gasteiger partial charge in [-0.15, -0.1) is 0 Å². The zero-order valence-corrected chi connectivity index (χ0v) is 18.7. The number of halogens is 3. The van der Waals surface area contributed by atoms with Gasteiger partial charge in [-0.2, -0.15) is 13.2 Å². The van der Waals surface area contributed by atoms with E-state index < -0.39 is 17.7 Å². The van der Waals surface area contributed by atoms with Crippen molar-refractivity contribution in [3.05, 3.63) is 53.7 Å². The molecule has 2 aromatic rings. The minimum atomic E-state index is -4.47. The van der Waals surface area contributed by atoms with Crippen molar-refractivity contribution in [3.8, 4) is 0 Å². The summed E-state index contributed by atoms with van der Waals surface area (Å²) in [7, 11) is 0. The van der Waals surface area contributed by atoms with Crippen LogP contribution in [-0.2, 0) is 6.18 Å². The van der Waals surface area contributed by atoms with E-state index in [2.05, 4.69) is 11.9 Å². The van der Waals surface area contributed by atoms with Gasteiger partial charge in [0.15, 0.2) is 0 Å². The molecular weight excluding hydrogens is 417 g/mol. The van der Waals surface area contributed by atoms with Crippen molar-refractivity contribution >= 4 is 17.5 Å². The third-order valence-electron chi connectivity index (χ3n) is 5.49. The molecule has 7 heteroatoms. The predicted molar refractivity (Wildman–Crippen MR) is 121 cm³/mol. The summed E-state index contributed by atoms with van der Waals surface area (Å²) >= 11 is 0. The highest BCUT2D eigenvalue weighted by Crippen LogP contribution is 2.34. The number of nitrogens with zero attached hydrogens (tertiary/aromatic N) is 2. The standard InChI is InChI=1S/C25H33F3N2O2/c1-2-3-4-5-6-7-8-9-10-11-18-30(23-22(24(31)32)16-13-17-29-23)21-15-12-14-20(19-21)25(26,27)28/h12-17,19H,2-11,18H2,1H3,(H,31,32). The summed E-state index contributed by atoms with van der Waals surface area (Å²) in [4.78, 5) is 17.5. The highest BCUT2D eigenvalue weighted by molar-refractivity contribution is 5.94. The van der Waals surface area contributed by atoms with Gasteiger partial charge in [0, 0.05) is 18.4 Å². The quantitative estimate of drug-likeness (QED) is 0.298. The number of anilines is 2. The number of carbonyl (C=O) groups is 1. The molecule has 1 N–H and O–H groups in total. The minimum Gasteiger partial charge on any atom is -0.478 e. The Morgan fingerprint density at radius 1 is 0.938 bits per heavy atom. The molecule has 0 atom stereocenters. The molecule has 4 nitrogen and oxygen atoms in total. The first-order chi connectivity index (χ1) is 15.3. The Bertz CT molecular complexity index is 840. The van der Waals surface area contributed by atoms with Crippen LogP contribution in [0.5, 0.6) is 0 Å². The Balaban J connectivity index is 2.05. The average molecular weight is 451 g/mol. The van der Waals surface area contributed by atoms with Crippen LogP contribution in [0.4, 0.5) is 24.7 Å². The second kappa shape index (κ2) is 13.1. The molecule has 0 spiro atoms. The van der Waals surface area contributed by atoms with Crippen LogP contribution in [0.25, 0.3) is 0 Å². The molecular formula is C25H33F3N2O2. The maximum absolute atomic E-state index is 13.2. The Kier molecular flexibility index (Phi) is 10.5. The molecule has 0 bridgehead atoms. The van der Waals surface area contributed by atoms with Gasteiger partial charge in [-0.3, -0.25) is 0 Å². The molecule has 0 amide bonds. The first-order valence-electron chi connectivity index (χ1n) is 11.5. The molecule has 0 unspecified atom stereocenters. The van der Waals surface area contributed by atoms with Gasteiger partial charge >= 0.3 is 12.1 Å². The summed E-state index contributed by atoms with van der Waals surface area (Å²) < 4.78 is 39.7. The SMILES string of the molecule is CCCCCCCCCCCCN(c1cccc(C(F)(F)F)c1)c1ncccc1C(=O)O. The van der Waals surface area contributed by atoms with Gasteiger partial charge in [0.25, 0.3) is 0 Å². The van der Waals surface area contributed by atoms with Gasteiger partial charge in [0.05, 0.1) is 5.56 Å². The number of benzene rings is 1. The molecule has 2 rings (SSSR count). The van der Waals surface area contributed by atoms with E-state index in [1.54, 1.807) is 11.0 Å². The molecule has 1 heterocycles. The summed E-state index contributed by atoms with van der Waals surface area (Å²) in [5.41, 5.74) is -0.509. The maximum atomic E-state index is 13.2. The summed E-state index contributed by atoms with van der Waals surface area (Å²) in [6, 6.07) is 7.90. The first kappa shape index (κ1) is 25.7. The van der Waals surface area contributed by atoms with Crippen molar-refractivity contribution < 1.29 is 23.1 Å². The first-order valence-corrected chi connectivity index (χ1v) is 11.5. The monoisotopic (exact) mass is 450 g/mol. The fourth-order valence-corrected chi connectivity index (χ4v) is 3.74. The Hall–Kier alpha value is -2.57. The number of pyridine rings is 1. The Morgan fingerprint density at radius 2 is 1.56 bits per heavy atom. The maximum Gasteiger partial charge on any atom is 0.416 e. The van der Waals surface area contributed by atoms with Crippen LogP contribution < -0.4 is 4.90 Å². The second-order valence-corrected chi connectivity index (χ2v) is 8.06. The van der Waals surface area contributed by atoms with Crippen molar-refractivity contribution in [2.75, 3.05) is 11.4 Å². The van der Waals surface area contributed by atoms with Crippen LogP contribution in [0.3, 0.4) is 0 Å². The number of carboxylic acid groups (broad SMARTS) is 1. The van der Waals surface area contributed by atoms with Gasteiger partial charge in [-0.05, 0) is 36.8 Å². The lowest BCUT2D eigenvalue weighted by Crippen LogP contribution is -2.23. The van der Waals surface area contributed by atoms with Crippen molar-refractivity contribution in [1.29, 1.82) is 0 Å². The lowest BCUT2D eigenvalue weighted by molar-refractivity contribution is -0.137. The molecule has 0 radical (unpaired) electrons. The number of carboxylic acids is 1. The molecule has 0 saturated heterocycles. The number of hydrogen-bond donors (Lipinski definition) is 1. The molecule has 176 valence electrons. The molecule has 1 aromatic carbocycles. The van der Waals surface area contributed by atoms with Crippen LogP contribution >= 0.6 is 0 Å². The summed E-state index contributed by atoms with van der Waals surface area (Å²) in [6.07, 6.45) is 8.38. The van der Waals surface area contributed by atoms with Crippen LogP contribution in [0.15, 0.2) is 42.6 Å². The van der Waals surface area contributed by atoms with E-state index in [0.717, 1.165) is 37.8 Å². The van der Waals surface area contributed by atoms with Crippen molar-refractivity contribution in [3.63, 3.8) is 0 Å². The largest absolute Gasteiger partial charge is 0.478 e. The predicted octanol–water partition coefficient (Wildman–Crippen LogP) is 7.86. The van der Waals surface area contributed by atoms with E-state index in [4.69, 9.17) is 0 Å². The van der Waals surface area contributed by atoms with Gasteiger partial charge in [-0.25, -0.2) is 9.78 Å². The molecule has 0 saturated carbocycles. The normalized spacial score (nSPS) is 11.5. The molecule has 0 aliphatic rings. The highest BCUT2D eigenvalue weighted by atomic mass is 19.4. The van der Waals surface area contributed by atoms with E-state index in [-0.39, 0.29) is 17.1 Å². The molecule has 0 aliphatic carbocycles. The van der Waals surface area contributed by atoms with E-state index in [9.17, 15) is 23.1 Å². The van der Waals surface area contributed by atoms with E-state index in [1.807, 2.05) is 0 Å². The minimum absolute atomic E-state index is 0.0306. The van der Waals surface area contributed by atoms with Gasteiger partial charge in [0.2, 0.25) is 0 Å². The molecule has 0 aliphatic heterocycles. The zero-order chi connectivity index (χ0) is 23.4. The Morgan fingerprint density at radius 3 is 2.16 bits per heavy atom. The number of aromatic carboxylic acids is 1. The number of aromatic nitrogens is 1. The Labute approximate surface area is 188 Å². The number of hydrogen-bond acceptors (Lipinski definition) is 3. The van der Waals surface area contributed by atoms with Gasteiger partial charge < -0.3 is 10.0 Å². The van der Waals surface area contributed by atoms with E-state index >= 15 is 0 Å². The topological polar surface area (TPSA) is 53.4 Å². The molecule has 1 aromatic heterocycles. The molecule has 0 fully saturated rings. The molecule has 32 heavy (non-hydrogen) atoms. The van der Waals surface area contributed by atoms with Crippen LogP contribution in [0.1, 0.15) is 87.1 Å². The third-order valence-corrected chi connectivity index (χ3v) is 5.49. The van der Waals surface area contributed by atoms with Crippen LogP contribution in [0, 0.1) is 0 Å². The van der Waals surface area contributed by atoms with Crippen LogP contribution in [0.2, 0.25) is 0 Å².